The first kappa shape index (κ1) is 13.7. The van der Waals surface area contributed by atoms with E-state index in [0.717, 1.165) is 19.3 Å². The zero-order chi connectivity index (χ0) is 11.5. The minimum atomic E-state index is -0.186. The van der Waals surface area contributed by atoms with Crippen LogP contribution in [0, 0.1) is 0 Å². The summed E-state index contributed by atoms with van der Waals surface area (Å²) in [5.74, 6) is -0.199. The Morgan fingerprint density at radius 3 is 2.67 bits per heavy atom. The first-order valence-electron chi connectivity index (χ1n) is 5.17. The number of ether oxygens (including phenoxy) is 1. The molecule has 0 radical (unpaired) electrons. The van der Waals surface area contributed by atoms with Crippen LogP contribution < -0.4 is 5.32 Å². The van der Waals surface area contributed by atoms with Gasteiger partial charge >= 0.3 is 5.97 Å². The Morgan fingerprint density at radius 1 is 1.33 bits per heavy atom. The number of carbonyl (C=O) groups excluding carboxylic acids is 2. The Morgan fingerprint density at radius 2 is 2.07 bits per heavy atom. The van der Waals surface area contributed by atoms with Crippen LogP contribution in [0.15, 0.2) is 12.7 Å². The molecule has 1 amide bonds. The summed E-state index contributed by atoms with van der Waals surface area (Å²) in [5.41, 5.74) is 0. The molecular formula is C11H19NO3. The normalized spacial score (nSPS) is 9.40. The summed E-state index contributed by atoms with van der Waals surface area (Å²) in [6.07, 6.45) is 4.61. The lowest BCUT2D eigenvalue weighted by Gasteiger charge is -2.02. The molecule has 0 saturated heterocycles. The Labute approximate surface area is 90.7 Å². The predicted octanol–water partition coefficient (Wildman–Crippen LogP) is 1.41. The maximum absolute atomic E-state index is 11.0. The topological polar surface area (TPSA) is 55.4 Å². The quantitative estimate of drug-likeness (QED) is 0.377. The van der Waals surface area contributed by atoms with Crippen LogP contribution in [0.3, 0.4) is 0 Å². The van der Waals surface area contributed by atoms with Gasteiger partial charge in [-0.3, -0.25) is 9.59 Å². The average molecular weight is 213 g/mol. The van der Waals surface area contributed by atoms with E-state index in [1.807, 2.05) is 0 Å². The van der Waals surface area contributed by atoms with Crippen molar-refractivity contribution < 1.29 is 14.3 Å². The number of nitrogens with one attached hydrogen (secondary N) is 1. The van der Waals surface area contributed by atoms with Crippen LogP contribution >= 0.6 is 0 Å². The summed E-state index contributed by atoms with van der Waals surface area (Å²) < 4.78 is 4.81. The molecule has 15 heavy (non-hydrogen) atoms. The van der Waals surface area contributed by atoms with Crippen molar-refractivity contribution in [2.75, 3.05) is 13.2 Å². The molecule has 0 atom stereocenters. The molecule has 0 fully saturated rings. The van der Waals surface area contributed by atoms with Gasteiger partial charge in [0.25, 0.3) is 0 Å². The molecule has 0 rings (SSSR count). The summed E-state index contributed by atoms with van der Waals surface area (Å²) >= 11 is 0. The second-order valence-corrected chi connectivity index (χ2v) is 3.27. The van der Waals surface area contributed by atoms with E-state index in [-0.39, 0.29) is 18.5 Å². The number of unbranched alkanes of at least 4 members (excludes halogenated alkanes) is 2. The van der Waals surface area contributed by atoms with Gasteiger partial charge in [-0.25, -0.2) is 0 Å². The minimum Gasteiger partial charge on any atom is -0.461 e. The number of hydrogen-bond acceptors (Lipinski definition) is 3. The molecule has 4 heteroatoms. The minimum absolute atomic E-state index is 0.0135. The molecule has 0 aromatic heterocycles. The lowest BCUT2D eigenvalue weighted by molar-refractivity contribution is -0.142. The van der Waals surface area contributed by atoms with Gasteiger partial charge < -0.3 is 10.1 Å². The lowest BCUT2D eigenvalue weighted by Crippen LogP contribution is -2.20. The molecule has 0 aliphatic rings. The van der Waals surface area contributed by atoms with Crippen LogP contribution in [0.4, 0.5) is 0 Å². The summed E-state index contributed by atoms with van der Waals surface area (Å²) in [6, 6.07) is 0. The van der Waals surface area contributed by atoms with Crippen molar-refractivity contribution in [3.63, 3.8) is 0 Å². The Bertz CT molecular complexity index is 214. The van der Waals surface area contributed by atoms with E-state index in [4.69, 9.17) is 4.74 Å². The van der Waals surface area contributed by atoms with Gasteiger partial charge in [-0.1, -0.05) is 19.1 Å². The van der Waals surface area contributed by atoms with Crippen molar-refractivity contribution in [1.82, 2.24) is 5.32 Å². The lowest BCUT2D eigenvalue weighted by atomic mass is 10.2. The number of amides is 1. The largest absolute Gasteiger partial charge is 0.461 e. The Kier molecular flexibility index (Phi) is 8.43. The summed E-state index contributed by atoms with van der Waals surface area (Å²) in [5, 5.41) is 2.70. The molecule has 0 aromatic rings. The van der Waals surface area contributed by atoms with Crippen LogP contribution in [0.25, 0.3) is 0 Å². The van der Waals surface area contributed by atoms with Crippen LogP contribution in [-0.4, -0.2) is 25.0 Å². The van der Waals surface area contributed by atoms with E-state index >= 15 is 0 Å². The van der Waals surface area contributed by atoms with Gasteiger partial charge in [-0.05, 0) is 12.8 Å². The van der Waals surface area contributed by atoms with Gasteiger partial charge in [-0.2, -0.15) is 0 Å². The van der Waals surface area contributed by atoms with Gasteiger partial charge in [0.1, 0.15) is 6.61 Å². The predicted molar refractivity (Wildman–Crippen MR) is 58.3 cm³/mol. The van der Waals surface area contributed by atoms with Crippen molar-refractivity contribution in [3.8, 4) is 0 Å². The highest BCUT2D eigenvalue weighted by Gasteiger charge is 2.00. The van der Waals surface area contributed by atoms with Crippen molar-refractivity contribution in [1.29, 1.82) is 0 Å². The zero-order valence-electron chi connectivity index (χ0n) is 9.25. The van der Waals surface area contributed by atoms with E-state index in [1.165, 1.54) is 6.92 Å². The van der Waals surface area contributed by atoms with E-state index < -0.39 is 0 Å². The van der Waals surface area contributed by atoms with Gasteiger partial charge in [-0.15, -0.1) is 0 Å². The molecule has 86 valence electrons. The maximum atomic E-state index is 11.0. The summed E-state index contributed by atoms with van der Waals surface area (Å²) in [7, 11) is 0. The Hall–Kier alpha value is -1.32. The number of rotatable bonds is 8. The standard InChI is InChI=1S/C11H19NO3/c1-3-9-15-11(14)7-5-4-6-8-12-10(2)13/h3H,1,4-9H2,2H3,(H,12,13). The monoisotopic (exact) mass is 213 g/mol. The molecule has 1 N–H and O–H groups in total. The fourth-order valence-corrected chi connectivity index (χ4v) is 1.06. The average Bonchev–Trinajstić information content (AvgIpc) is 2.19. The fourth-order valence-electron chi connectivity index (χ4n) is 1.06. The Balaban J connectivity index is 3.19. The van der Waals surface area contributed by atoms with Gasteiger partial charge in [0.2, 0.25) is 5.91 Å². The number of carbonyl (C=O) groups is 2. The second-order valence-electron chi connectivity index (χ2n) is 3.27. The third-order valence-electron chi connectivity index (χ3n) is 1.79. The molecule has 0 aliphatic heterocycles. The third-order valence-corrected chi connectivity index (χ3v) is 1.79. The van der Waals surface area contributed by atoms with E-state index in [9.17, 15) is 9.59 Å². The van der Waals surface area contributed by atoms with Crippen molar-refractivity contribution in [2.24, 2.45) is 0 Å². The molecular weight excluding hydrogens is 194 g/mol. The van der Waals surface area contributed by atoms with Crippen molar-refractivity contribution in [2.45, 2.75) is 32.6 Å². The number of hydrogen-bond donors (Lipinski definition) is 1. The fraction of sp³-hybridized carbons (Fsp3) is 0.636. The summed E-state index contributed by atoms with van der Waals surface area (Å²) in [6.45, 7) is 5.91. The molecule has 0 bridgehead atoms. The highest BCUT2D eigenvalue weighted by molar-refractivity contribution is 5.72. The highest BCUT2D eigenvalue weighted by atomic mass is 16.5. The third kappa shape index (κ3) is 10.6. The van der Waals surface area contributed by atoms with Gasteiger partial charge in [0.05, 0.1) is 0 Å². The smallest absolute Gasteiger partial charge is 0.306 e. The zero-order valence-corrected chi connectivity index (χ0v) is 9.25. The summed E-state index contributed by atoms with van der Waals surface area (Å²) in [4.78, 5) is 21.5. The molecule has 0 aliphatic carbocycles. The van der Waals surface area contributed by atoms with Crippen LogP contribution in [-0.2, 0) is 14.3 Å². The van der Waals surface area contributed by atoms with Crippen LogP contribution in [0.5, 0.6) is 0 Å². The molecule has 0 heterocycles. The highest BCUT2D eigenvalue weighted by Crippen LogP contribution is 2.00. The SMILES string of the molecule is C=CCOC(=O)CCCCCNC(C)=O. The molecule has 4 nitrogen and oxygen atoms in total. The molecule has 0 spiro atoms. The first-order chi connectivity index (χ1) is 7.16. The van der Waals surface area contributed by atoms with E-state index in [0.29, 0.717) is 13.0 Å². The number of esters is 1. The van der Waals surface area contributed by atoms with Gasteiger partial charge in [0, 0.05) is 19.9 Å². The van der Waals surface area contributed by atoms with E-state index in [1.54, 1.807) is 6.08 Å². The van der Waals surface area contributed by atoms with Crippen LogP contribution in [0.2, 0.25) is 0 Å². The molecule has 0 saturated carbocycles. The second kappa shape index (κ2) is 9.24. The molecule has 0 unspecified atom stereocenters. The van der Waals surface area contributed by atoms with E-state index in [2.05, 4.69) is 11.9 Å². The molecule has 0 aromatic carbocycles. The van der Waals surface area contributed by atoms with Crippen molar-refractivity contribution >= 4 is 11.9 Å². The maximum Gasteiger partial charge on any atom is 0.306 e. The van der Waals surface area contributed by atoms with Crippen LogP contribution in [0.1, 0.15) is 32.6 Å². The van der Waals surface area contributed by atoms with Gasteiger partial charge in [0.15, 0.2) is 0 Å². The first-order valence-corrected chi connectivity index (χ1v) is 5.17. The van der Waals surface area contributed by atoms with Crippen molar-refractivity contribution in [3.05, 3.63) is 12.7 Å².